The van der Waals surface area contributed by atoms with E-state index >= 15 is 0 Å². The molecule has 0 radical (unpaired) electrons. The van der Waals surface area contributed by atoms with E-state index in [1.807, 2.05) is 6.92 Å². The smallest absolute Gasteiger partial charge is 0.484 e. The summed E-state index contributed by atoms with van der Waals surface area (Å²) in [5, 5.41) is 9.62. The minimum Gasteiger partial charge on any atom is -0.484 e. The van der Waals surface area contributed by atoms with Crippen LogP contribution in [-0.2, 0) is 4.74 Å². The molecule has 1 saturated carbocycles. The van der Waals surface area contributed by atoms with Gasteiger partial charge in [-0.2, -0.15) is 0 Å². The fourth-order valence-electron chi connectivity index (χ4n) is 2.07. The van der Waals surface area contributed by atoms with Crippen molar-refractivity contribution in [2.24, 2.45) is 0 Å². The first-order chi connectivity index (χ1) is 9.90. The maximum atomic E-state index is 12.3. The maximum absolute atomic E-state index is 12.3. The van der Waals surface area contributed by atoms with Crippen LogP contribution in [0.1, 0.15) is 19.8 Å². The third kappa shape index (κ3) is 4.25. The van der Waals surface area contributed by atoms with Crippen molar-refractivity contribution in [3.05, 3.63) is 24.3 Å². The van der Waals surface area contributed by atoms with Crippen molar-refractivity contribution in [3.63, 3.8) is 0 Å². The second-order valence-corrected chi connectivity index (χ2v) is 4.79. The third-order valence-electron chi connectivity index (χ3n) is 3.09. The monoisotopic (exact) mass is 306 g/mol. The number of ether oxygens (including phenoxy) is 3. The lowest BCUT2D eigenvalue weighted by Crippen LogP contribution is -2.55. The molecule has 7 heteroatoms. The zero-order valence-electron chi connectivity index (χ0n) is 11.5. The third-order valence-corrected chi connectivity index (χ3v) is 3.09. The Labute approximate surface area is 120 Å². The van der Waals surface area contributed by atoms with E-state index in [1.54, 1.807) is 6.07 Å². The van der Waals surface area contributed by atoms with Gasteiger partial charge in [-0.25, -0.2) is 0 Å². The van der Waals surface area contributed by atoms with Gasteiger partial charge in [0.05, 0.1) is 6.10 Å². The van der Waals surface area contributed by atoms with E-state index in [1.165, 1.54) is 18.2 Å². The zero-order valence-corrected chi connectivity index (χ0v) is 11.5. The molecule has 0 heterocycles. The summed E-state index contributed by atoms with van der Waals surface area (Å²) in [5.74, 6) is -0.419. The van der Waals surface area contributed by atoms with Crippen molar-refractivity contribution in [2.75, 3.05) is 6.61 Å². The standard InChI is InChI=1S/C14H17F3O4/c1-2-7-19-13-9(18)8-12(13)20-10-5-3-4-6-11(10)21-14(15,16)17/h3-6,9,12-13,18H,2,7-8H2,1H3. The molecule has 3 atom stereocenters. The fraction of sp³-hybridized carbons (Fsp3) is 0.571. The van der Waals surface area contributed by atoms with E-state index in [2.05, 4.69) is 4.74 Å². The average Bonchev–Trinajstić information content (AvgIpc) is 2.39. The summed E-state index contributed by atoms with van der Waals surface area (Å²) < 4.78 is 51.8. The van der Waals surface area contributed by atoms with Gasteiger partial charge in [0.25, 0.3) is 0 Å². The zero-order chi connectivity index (χ0) is 15.5. The Balaban J connectivity index is 2.02. The van der Waals surface area contributed by atoms with Crippen molar-refractivity contribution in [3.8, 4) is 11.5 Å². The Morgan fingerprint density at radius 2 is 1.90 bits per heavy atom. The van der Waals surface area contributed by atoms with Crippen LogP contribution in [0.2, 0.25) is 0 Å². The molecule has 0 spiro atoms. The average molecular weight is 306 g/mol. The first-order valence-electron chi connectivity index (χ1n) is 6.72. The lowest BCUT2D eigenvalue weighted by Gasteiger charge is -2.41. The van der Waals surface area contributed by atoms with Crippen LogP contribution in [0.4, 0.5) is 13.2 Å². The van der Waals surface area contributed by atoms with E-state index in [9.17, 15) is 18.3 Å². The predicted octanol–water partition coefficient (Wildman–Crippen LogP) is 2.89. The fourth-order valence-corrected chi connectivity index (χ4v) is 2.07. The van der Waals surface area contributed by atoms with E-state index in [0.717, 1.165) is 6.42 Å². The molecule has 0 bridgehead atoms. The Bertz CT molecular complexity index is 464. The first-order valence-corrected chi connectivity index (χ1v) is 6.72. The van der Waals surface area contributed by atoms with Crippen LogP contribution in [0.5, 0.6) is 11.5 Å². The normalized spacial score (nSPS) is 25.3. The van der Waals surface area contributed by atoms with Gasteiger partial charge in [0.1, 0.15) is 12.2 Å². The number of para-hydroxylation sites is 2. The number of aliphatic hydroxyl groups excluding tert-OH is 1. The van der Waals surface area contributed by atoms with Gasteiger partial charge >= 0.3 is 6.36 Å². The summed E-state index contributed by atoms with van der Waals surface area (Å²) in [6.45, 7) is 2.38. The molecule has 0 aliphatic heterocycles. The molecule has 1 aromatic rings. The maximum Gasteiger partial charge on any atom is 0.573 e. The molecule has 4 nitrogen and oxygen atoms in total. The van der Waals surface area contributed by atoms with Crippen molar-refractivity contribution in [1.29, 1.82) is 0 Å². The summed E-state index contributed by atoms with van der Waals surface area (Å²) in [7, 11) is 0. The Hall–Kier alpha value is -1.47. The molecular formula is C14H17F3O4. The number of rotatable bonds is 6. The second-order valence-electron chi connectivity index (χ2n) is 4.79. The highest BCUT2D eigenvalue weighted by atomic mass is 19.4. The van der Waals surface area contributed by atoms with E-state index < -0.39 is 30.4 Å². The summed E-state index contributed by atoms with van der Waals surface area (Å²) in [6.07, 6.45) is -5.35. The van der Waals surface area contributed by atoms with Gasteiger partial charge in [-0.1, -0.05) is 19.1 Å². The second kappa shape index (κ2) is 6.53. The molecule has 0 aromatic heterocycles. The Morgan fingerprint density at radius 1 is 1.24 bits per heavy atom. The van der Waals surface area contributed by atoms with Gasteiger partial charge in [0, 0.05) is 13.0 Å². The number of aliphatic hydroxyl groups is 1. The summed E-state index contributed by atoms with van der Waals surface area (Å²) in [5.41, 5.74) is 0. The largest absolute Gasteiger partial charge is 0.573 e. The molecule has 0 amide bonds. The van der Waals surface area contributed by atoms with Crippen molar-refractivity contribution >= 4 is 0 Å². The van der Waals surface area contributed by atoms with Crippen LogP contribution in [-0.4, -0.2) is 36.4 Å². The van der Waals surface area contributed by atoms with Crippen molar-refractivity contribution < 1.29 is 32.5 Å². The summed E-state index contributed by atoms with van der Waals surface area (Å²) in [4.78, 5) is 0. The molecule has 1 aliphatic carbocycles. The molecule has 2 rings (SSSR count). The molecule has 21 heavy (non-hydrogen) atoms. The van der Waals surface area contributed by atoms with Crippen LogP contribution < -0.4 is 9.47 Å². The number of halogens is 3. The lowest BCUT2D eigenvalue weighted by molar-refractivity contribution is -0.275. The number of hydrogen-bond acceptors (Lipinski definition) is 4. The van der Waals surface area contributed by atoms with Gasteiger partial charge in [0.15, 0.2) is 11.5 Å². The highest BCUT2D eigenvalue weighted by molar-refractivity contribution is 5.40. The number of hydrogen-bond donors (Lipinski definition) is 1. The van der Waals surface area contributed by atoms with Crippen molar-refractivity contribution in [1.82, 2.24) is 0 Å². The first kappa shape index (κ1) is 15.9. The molecule has 1 N–H and O–H groups in total. The van der Waals surface area contributed by atoms with Crippen LogP contribution in [0.3, 0.4) is 0 Å². The minimum atomic E-state index is -4.78. The van der Waals surface area contributed by atoms with E-state index in [0.29, 0.717) is 13.0 Å². The molecular weight excluding hydrogens is 289 g/mol. The van der Waals surface area contributed by atoms with Crippen molar-refractivity contribution in [2.45, 2.75) is 44.4 Å². The van der Waals surface area contributed by atoms with Gasteiger partial charge in [-0.3, -0.25) is 0 Å². The van der Waals surface area contributed by atoms with Gasteiger partial charge < -0.3 is 19.3 Å². The van der Waals surface area contributed by atoms with Gasteiger partial charge in [-0.15, -0.1) is 13.2 Å². The lowest BCUT2D eigenvalue weighted by atomic mass is 9.88. The quantitative estimate of drug-likeness (QED) is 0.878. The van der Waals surface area contributed by atoms with Crippen LogP contribution in [0, 0.1) is 0 Å². The molecule has 1 fully saturated rings. The highest BCUT2D eigenvalue weighted by Crippen LogP contribution is 2.36. The van der Waals surface area contributed by atoms with Crippen LogP contribution in [0.15, 0.2) is 24.3 Å². The molecule has 1 aliphatic rings. The van der Waals surface area contributed by atoms with Crippen LogP contribution in [0.25, 0.3) is 0 Å². The number of benzene rings is 1. The van der Waals surface area contributed by atoms with Gasteiger partial charge in [-0.05, 0) is 18.6 Å². The summed E-state index contributed by atoms with van der Waals surface area (Å²) in [6, 6.07) is 5.55. The number of alkyl halides is 3. The molecule has 3 unspecified atom stereocenters. The van der Waals surface area contributed by atoms with Gasteiger partial charge in [0.2, 0.25) is 0 Å². The Kier molecular flexibility index (Phi) is 4.95. The SMILES string of the molecule is CCCOC1C(O)CC1Oc1ccccc1OC(F)(F)F. The topological polar surface area (TPSA) is 47.9 Å². The van der Waals surface area contributed by atoms with E-state index in [4.69, 9.17) is 9.47 Å². The predicted molar refractivity (Wildman–Crippen MR) is 68.2 cm³/mol. The minimum absolute atomic E-state index is 0.0168. The van der Waals surface area contributed by atoms with E-state index in [-0.39, 0.29) is 5.75 Å². The van der Waals surface area contributed by atoms with Crippen LogP contribution >= 0.6 is 0 Å². The Morgan fingerprint density at radius 3 is 2.48 bits per heavy atom. The highest BCUT2D eigenvalue weighted by Gasteiger charge is 2.43. The summed E-state index contributed by atoms with van der Waals surface area (Å²) >= 11 is 0. The molecule has 0 saturated heterocycles. The molecule has 118 valence electrons. The molecule has 1 aromatic carbocycles.